The van der Waals surface area contributed by atoms with Crippen LogP contribution in [0.2, 0.25) is 0 Å². The van der Waals surface area contributed by atoms with Crippen molar-refractivity contribution in [3.8, 4) is 17.0 Å². The number of hydrogen-bond acceptors (Lipinski definition) is 8. The summed E-state index contributed by atoms with van der Waals surface area (Å²) in [5.41, 5.74) is 1.08. The van der Waals surface area contributed by atoms with E-state index in [1.54, 1.807) is 6.07 Å². The summed E-state index contributed by atoms with van der Waals surface area (Å²) in [7, 11) is 0. The van der Waals surface area contributed by atoms with E-state index >= 15 is 0 Å². The van der Waals surface area contributed by atoms with Crippen LogP contribution in [0.5, 0.6) is 5.75 Å². The third kappa shape index (κ3) is 4.92. The van der Waals surface area contributed by atoms with Crippen LogP contribution in [-0.2, 0) is 11.3 Å². The van der Waals surface area contributed by atoms with Crippen molar-refractivity contribution in [2.75, 3.05) is 4.90 Å². The average Bonchev–Trinajstić information content (AvgIpc) is 3.58. The molecule has 0 radical (unpaired) electrons. The fourth-order valence-electron chi connectivity index (χ4n) is 5.62. The topological polar surface area (TPSA) is 111 Å². The highest BCUT2D eigenvalue weighted by molar-refractivity contribution is 5.85. The Morgan fingerprint density at radius 2 is 1.82 bits per heavy atom. The standard InChI is InChI=1S/C26H25F3N4O5/c27-26(28,29)37-21-4-2-1-3-18(21)23-19(24(38-32-23)14-5-6-14)13-36-17-9-15-7-8-16(10-17)33(15)22-12-30-20(11-31-22)25(34)35/h1-4,11-12,14-17H,5-10,13H2,(H,34,35)/t15-,16+,17?. The molecule has 2 saturated heterocycles. The zero-order valence-electron chi connectivity index (χ0n) is 20.2. The van der Waals surface area contributed by atoms with Crippen molar-refractivity contribution in [1.82, 2.24) is 15.1 Å². The van der Waals surface area contributed by atoms with Crippen molar-refractivity contribution in [2.45, 2.75) is 75.6 Å². The summed E-state index contributed by atoms with van der Waals surface area (Å²) >= 11 is 0. The van der Waals surface area contributed by atoms with Gasteiger partial charge in [-0.1, -0.05) is 17.3 Å². The number of fused-ring (bicyclic) bond motifs is 2. The Bertz CT molecular complexity index is 1310. The number of carboxylic acids is 1. The van der Waals surface area contributed by atoms with E-state index in [-0.39, 0.29) is 47.7 Å². The number of ether oxygens (including phenoxy) is 2. The molecule has 3 fully saturated rings. The quantitative estimate of drug-likeness (QED) is 0.414. The smallest absolute Gasteiger partial charge is 0.476 e. The molecule has 38 heavy (non-hydrogen) atoms. The van der Waals surface area contributed by atoms with Crippen molar-refractivity contribution in [1.29, 1.82) is 0 Å². The first-order chi connectivity index (χ1) is 18.3. The Balaban J connectivity index is 1.19. The maximum Gasteiger partial charge on any atom is 0.573 e. The van der Waals surface area contributed by atoms with E-state index in [0.717, 1.165) is 38.5 Å². The van der Waals surface area contributed by atoms with Gasteiger partial charge in [0.15, 0.2) is 5.69 Å². The first-order valence-electron chi connectivity index (χ1n) is 12.6. The number of rotatable bonds is 8. The minimum absolute atomic E-state index is 0.0635. The van der Waals surface area contributed by atoms with Crippen LogP contribution in [0, 0.1) is 0 Å². The summed E-state index contributed by atoms with van der Waals surface area (Å²) in [6.45, 7) is 0.169. The molecule has 3 aliphatic rings. The van der Waals surface area contributed by atoms with Gasteiger partial charge in [0.2, 0.25) is 0 Å². The number of piperidine rings is 1. The number of nitrogens with zero attached hydrogens (tertiary/aromatic N) is 4. The van der Waals surface area contributed by atoms with Crippen molar-refractivity contribution in [2.24, 2.45) is 0 Å². The molecule has 2 aliphatic heterocycles. The maximum atomic E-state index is 13.0. The second-order valence-electron chi connectivity index (χ2n) is 9.95. The molecule has 2 aromatic heterocycles. The third-order valence-electron chi connectivity index (χ3n) is 7.41. The van der Waals surface area contributed by atoms with Crippen molar-refractivity contribution >= 4 is 11.8 Å². The number of aromatic carboxylic acids is 1. The number of aromatic nitrogens is 3. The molecule has 1 N–H and O–H groups in total. The van der Waals surface area contributed by atoms with Crippen LogP contribution < -0.4 is 9.64 Å². The van der Waals surface area contributed by atoms with Crippen LogP contribution in [-0.4, -0.2) is 50.8 Å². The van der Waals surface area contributed by atoms with Crippen LogP contribution in [0.1, 0.15) is 66.3 Å². The Labute approximate surface area is 215 Å². The van der Waals surface area contributed by atoms with E-state index in [1.165, 1.54) is 30.6 Å². The lowest BCUT2D eigenvalue weighted by molar-refractivity contribution is -0.274. The van der Waals surface area contributed by atoms with Gasteiger partial charge in [0, 0.05) is 29.1 Å². The van der Waals surface area contributed by atoms with Crippen LogP contribution in [0.4, 0.5) is 19.0 Å². The highest BCUT2D eigenvalue weighted by atomic mass is 19.4. The number of benzene rings is 1. The zero-order valence-corrected chi connectivity index (χ0v) is 20.2. The Hall–Kier alpha value is -3.67. The van der Waals surface area contributed by atoms with Gasteiger partial charge < -0.3 is 24.0 Å². The fourth-order valence-corrected chi connectivity index (χ4v) is 5.62. The number of carbonyl (C=O) groups is 1. The predicted molar refractivity (Wildman–Crippen MR) is 127 cm³/mol. The van der Waals surface area contributed by atoms with Crippen LogP contribution in [0.15, 0.2) is 41.2 Å². The lowest BCUT2D eigenvalue weighted by Gasteiger charge is -2.39. The molecule has 1 aliphatic carbocycles. The SMILES string of the molecule is O=C(O)c1cnc(N2[C@@H]3CC[C@H]2CC(OCc2c(-c4ccccc4OC(F)(F)F)noc2C2CC2)C3)cn1. The number of alkyl halides is 3. The summed E-state index contributed by atoms with van der Waals surface area (Å²) in [5.74, 6) is 0.0511. The van der Waals surface area contributed by atoms with Crippen molar-refractivity contribution in [3.05, 3.63) is 53.7 Å². The van der Waals surface area contributed by atoms with E-state index < -0.39 is 12.3 Å². The maximum absolute atomic E-state index is 13.0. The first kappa shape index (κ1) is 24.7. The van der Waals surface area contributed by atoms with E-state index in [0.29, 0.717) is 22.8 Å². The number of para-hydroxylation sites is 1. The minimum Gasteiger partial charge on any atom is -0.476 e. The highest BCUT2D eigenvalue weighted by Crippen LogP contribution is 2.46. The summed E-state index contributed by atoms with van der Waals surface area (Å²) in [5, 5.41) is 13.2. The molecular formula is C26H25F3N4O5. The van der Waals surface area contributed by atoms with E-state index in [1.807, 2.05) is 0 Å². The molecule has 0 spiro atoms. The lowest BCUT2D eigenvalue weighted by atomic mass is 9.99. The van der Waals surface area contributed by atoms with Gasteiger partial charge >= 0.3 is 12.3 Å². The van der Waals surface area contributed by atoms with E-state index in [9.17, 15) is 18.0 Å². The largest absolute Gasteiger partial charge is 0.573 e. The highest BCUT2D eigenvalue weighted by Gasteiger charge is 2.42. The average molecular weight is 531 g/mol. The molecular weight excluding hydrogens is 505 g/mol. The Kier molecular flexibility index (Phi) is 6.21. The van der Waals surface area contributed by atoms with E-state index in [4.69, 9.17) is 14.4 Å². The first-order valence-corrected chi connectivity index (χ1v) is 12.6. The second kappa shape index (κ2) is 9.57. The van der Waals surface area contributed by atoms with Gasteiger partial charge in [0.05, 0.1) is 25.1 Å². The molecule has 2 bridgehead atoms. The van der Waals surface area contributed by atoms with Crippen molar-refractivity contribution < 1.29 is 37.1 Å². The van der Waals surface area contributed by atoms with Gasteiger partial charge in [0.1, 0.15) is 23.0 Å². The number of hydrogen-bond donors (Lipinski definition) is 1. The van der Waals surface area contributed by atoms with Crippen LogP contribution >= 0.6 is 0 Å². The molecule has 3 aromatic rings. The Morgan fingerprint density at radius 3 is 2.45 bits per heavy atom. The van der Waals surface area contributed by atoms with Crippen molar-refractivity contribution in [3.63, 3.8) is 0 Å². The van der Waals surface area contributed by atoms with Gasteiger partial charge in [0.25, 0.3) is 0 Å². The second-order valence-corrected chi connectivity index (χ2v) is 9.95. The number of carboxylic acid groups (broad SMARTS) is 1. The number of anilines is 1. The van der Waals surface area contributed by atoms with Gasteiger partial charge in [-0.05, 0) is 50.7 Å². The predicted octanol–water partition coefficient (Wildman–Crippen LogP) is 5.32. The molecule has 12 heteroatoms. The van der Waals surface area contributed by atoms with Crippen LogP contribution in [0.3, 0.4) is 0 Å². The fraction of sp³-hybridized carbons (Fsp3) is 0.462. The molecule has 1 unspecified atom stereocenters. The molecule has 1 aromatic carbocycles. The lowest BCUT2D eigenvalue weighted by Crippen LogP contribution is -2.46. The summed E-state index contributed by atoms with van der Waals surface area (Å²) in [4.78, 5) is 21.6. The van der Waals surface area contributed by atoms with Crippen LogP contribution in [0.25, 0.3) is 11.3 Å². The summed E-state index contributed by atoms with van der Waals surface area (Å²) in [6.07, 6.45) is 3.15. The zero-order chi connectivity index (χ0) is 26.4. The Morgan fingerprint density at radius 1 is 1.08 bits per heavy atom. The molecule has 9 nitrogen and oxygen atoms in total. The molecule has 3 atom stereocenters. The van der Waals surface area contributed by atoms with Gasteiger partial charge in [-0.3, -0.25) is 0 Å². The van der Waals surface area contributed by atoms with Gasteiger partial charge in [-0.15, -0.1) is 13.2 Å². The van der Waals surface area contributed by atoms with E-state index in [2.05, 4.69) is 24.8 Å². The summed E-state index contributed by atoms with van der Waals surface area (Å²) in [6, 6.07) is 6.26. The molecule has 0 amide bonds. The molecule has 200 valence electrons. The number of halogens is 3. The molecule has 1 saturated carbocycles. The minimum atomic E-state index is -4.83. The normalized spacial score (nSPS) is 23.0. The van der Waals surface area contributed by atoms with Gasteiger partial charge in [-0.2, -0.15) is 0 Å². The van der Waals surface area contributed by atoms with Gasteiger partial charge in [-0.25, -0.2) is 14.8 Å². The summed E-state index contributed by atoms with van der Waals surface area (Å²) < 4.78 is 55.3. The monoisotopic (exact) mass is 530 g/mol. The molecule has 6 rings (SSSR count). The third-order valence-corrected chi connectivity index (χ3v) is 7.41. The molecule has 4 heterocycles.